The number of rotatable bonds is 8. The first kappa shape index (κ1) is 16.3. The molecule has 1 aromatic rings. The lowest BCUT2D eigenvalue weighted by Gasteiger charge is -2.18. The molecular formula is C12H17N5O4. The molecule has 21 heavy (non-hydrogen) atoms. The van der Waals surface area contributed by atoms with Gasteiger partial charge in [0.15, 0.2) is 0 Å². The van der Waals surface area contributed by atoms with Gasteiger partial charge in [-0.1, -0.05) is 0 Å². The van der Waals surface area contributed by atoms with Crippen molar-refractivity contribution in [2.75, 3.05) is 18.5 Å². The Morgan fingerprint density at radius 1 is 1.38 bits per heavy atom. The maximum Gasteiger partial charge on any atom is 0.326 e. The van der Waals surface area contributed by atoms with E-state index in [2.05, 4.69) is 15.3 Å². The van der Waals surface area contributed by atoms with E-state index in [1.807, 2.05) is 0 Å². The summed E-state index contributed by atoms with van der Waals surface area (Å²) < 4.78 is 0. The van der Waals surface area contributed by atoms with E-state index in [1.165, 1.54) is 17.3 Å². The fraction of sp³-hybridized carbons (Fsp3) is 0.417. The zero-order valence-corrected chi connectivity index (χ0v) is 11.5. The molecule has 0 saturated carbocycles. The highest BCUT2D eigenvalue weighted by molar-refractivity contribution is 5.86. The molecule has 0 spiro atoms. The van der Waals surface area contributed by atoms with Gasteiger partial charge in [-0.15, -0.1) is 0 Å². The molecule has 4 N–H and O–H groups in total. The molecule has 1 heterocycles. The van der Waals surface area contributed by atoms with Gasteiger partial charge in [0.1, 0.15) is 6.04 Å². The number of aliphatic carboxylic acids is 1. The van der Waals surface area contributed by atoms with Gasteiger partial charge in [-0.2, -0.15) is 0 Å². The molecule has 0 aromatic carbocycles. The Kier molecular flexibility index (Phi) is 6.05. The predicted octanol–water partition coefficient (Wildman–Crippen LogP) is -1.25. The molecule has 1 rings (SSSR count). The van der Waals surface area contributed by atoms with Crippen molar-refractivity contribution in [2.45, 2.75) is 18.9 Å². The minimum Gasteiger partial charge on any atom is -0.480 e. The second-order valence-electron chi connectivity index (χ2n) is 4.37. The van der Waals surface area contributed by atoms with E-state index in [4.69, 9.17) is 10.8 Å². The normalized spacial score (nSPS) is 11.5. The van der Waals surface area contributed by atoms with Crippen LogP contribution in [0.15, 0.2) is 18.5 Å². The first-order chi connectivity index (χ1) is 9.90. The summed E-state index contributed by atoms with van der Waals surface area (Å²) in [6.45, 7) is -0.107. The minimum atomic E-state index is -1.22. The lowest BCUT2D eigenvalue weighted by Crippen LogP contribution is -2.45. The van der Waals surface area contributed by atoms with Crippen LogP contribution in [-0.4, -0.2) is 52.5 Å². The predicted molar refractivity (Wildman–Crippen MR) is 73.3 cm³/mol. The number of carboxylic acids is 1. The van der Waals surface area contributed by atoms with Crippen molar-refractivity contribution >= 4 is 23.7 Å². The number of hydrogen-bond acceptors (Lipinski definition) is 6. The van der Waals surface area contributed by atoms with Crippen molar-refractivity contribution in [3.05, 3.63) is 18.5 Å². The number of primary amides is 1. The number of anilines is 1. The first-order valence-electron chi connectivity index (χ1n) is 6.18. The second-order valence-corrected chi connectivity index (χ2v) is 4.37. The summed E-state index contributed by atoms with van der Waals surface area (Å²) in [5.74, 6) is -2.01. The molecule has 0 aliphatic carbocycles. The van der Waals surface area contributed by atoms with Gasteiger partial charge in [0.2, 0.25) is 17.8 Å². The highest BCUT2D eigenvalue weighted by atomic mass is 16.4. The molecule has 0 bridgehead atoms. The van der Waals surface area contributed by atoms with Gasteiger partial charge in [-0.05, 0) is 12.5 Å². The molecule has 0 aliphatic heterocycles. The topological polar surface area (TPSA) is 139 Å². The Morgan fingerprint density at radius 3 is 2.52 bits per heavy atom. The van der Waals surface area contributed by atoms with Crippen molar-refractivity contribution in [3.63, 3.8) is 0 Å². The Hall–Kier alpha value is -2.71. The third kappa shape index (κ3) is 5.85. The van der Waals surface area contributed by atoms with Gasteiger partial charge in [-0.25, -0.2) is 14.8 Å². The molecule has 0 radical (unpaired) electrons. The number of amides is 2. The molecule has 9 nitrogen and oxygen atoms in total. The fourth-order valence-electron chi connectivity index (χ4n) is 1.56. The number of nitrogens with zero attached hydrogens (tertiary/aromatic N) is 3. The van der Waals surface area contributed by atoms with Crippen molar-refractivity contribution in [2.24, 2.45) is 5.73 Å². The summed E-state index contributed by atoms with van der Waals surface area (Å²) in [7, 11) is 1.61. The summed E-state index contributed by atoms with van der Waals surface area (Å²) in [4.78, 5) is 42.9. The highest BCUT2D eigenvalue weighted by Crippen LogP contribution is 2.02. The third-order valence-electron chi connectivity index (χ3n) is 2.59. The number of nitrogens with one attached hydrogen (secondary N) is 1. The van der Waals surface area contributed by atoms with Crippen LogP contribution >= 0.6 is 0 Å². The van der Waals surface area contributed by atoms with E-state index in [0.717, 1.165) is 0 Å². The number of likely N-dealkylation sites (N-methyl/N-ethyl adjacent to an activating group) is 1. The van der Waals surface area contributed by atoms with Crippen LogP contribution in [0.1, 0.15) is 12.8 Å². The molecule has 1 aromatic heterocycles. The number of carbonyl (C=O) groups is 3. The van der Waals surface area contributed by atoms with E-state index >= 15 is 0 Å². The molecule has 2 amide bonds. The molecule has 114 valence electrons. The number of carbonyl (C=O) groups excluding carboxylic acids is 2. The summed E-state index contributed by atoms with van der Waals surface area (Å²) in [6.07, 6.45) is 2.89. The van der Waals surface area contributed by atoms with Crippen LogP contribution in [0.5, 0.6) is 0 Å². The number of carboxylic acid groups (broad SMARTS) is 1. The van der Waals surface area contributed by atoms with Crippen LogP contribution in [0.3, 0.4) is 0 Å². The lowest BCUT2D eigenvalue weighted by atomic mass is 10.1. The van der Waals surface area contributed by atoms with Crippen LogP contribution < -0.4 is 16.0 Å². The molecule has 0 unspecified atom stereocenters. The first-order valence-corrected chi connectivity index (χ1v) is 6.18. The fourth-order valence-corrected chi connectivity index (χ4v) is 1.56. The van der Waals surface area contributed by atoms with E-state index < -0.39 is 23.8 Å². The highest BCUT2D eigenvalue weighted by Gasteiger charge is 2.21. The van der Waals surface area contributed by atoms with Crippen molar-refractivity contribution < 1.29 is 19.5 Å². The number of hydrogen-bond donors (Lipinski definition) is 3. The zero-order valence-electron chi connectivity index (χ0n) is 11.5. The van der Waals surface area contributed by atoms with Crippen LogP contribution in [-0.2, 0) is 14.4 Å². The van der Waals surface area contributed by atoms with Gasteiger partial charge >= 0.3 is 5.97 Å². The average Bonchev–Trinajstić information content (AvgIpc) is 2.43. The maximum absolute atomic E-state index is 11.8. The van der Waals surface area contributed by atoms with Crippen LogP contribution in [0.4, 0.5) is 5.95 Å². The standard InChI is InChI=1S/C12H17N5O4/c1-17(12-14-5-2-6-15-12)7-10(19)16-8(11(20)21)3-4-9(13)18/h2,5-6,8H,3-4,7H2,1H3,(H2,13,18)(H,16,19)(H,20,21)/t8-/m1/s1. The van der Waals surface area contributed by atoms with E-state index in [9.17, 15) is 14.4 Å². The van der Waals surface area contributed by atoms with Crippen LogP contribution in [0.2, 0.25) is 0 Å². The molecule has 0 saturated heterocycles. The zero-order chi connectivity index (χ0) is 15.8. The Bertz CT molecular complexity index is 508. The van der Waals surface area contributed by atoms with Crippen LogP contribution in [0.25, 0.3) is 0 Å². The average molecular weight is 295 g/mol. The van der Waals surface area contributed by atoms with Crippen molar-refractivity contribution in [3.8, 4) is 0 Å². The van der Waals surface area contributed by atoms with E-state index in [-0.39, 0.29) is 19.4 Å². The maximum atomic E-state index is 11.8. The Balaban J connectivity index is 2.54. The lowest BCUT2D eigenvalue weighted by molar-refractivity contribution is -0.142. The van der Waals surface area contributed by atoms with Gasteiger partial charge in [0.25, 0.3) is 0 Å². The Morgan fingerprint density at radius 2 is 2.00 bits per heavy atom. The molecule has 0 fully saturated rings. The summed E-state index contributed by atoms with van der Waals surface area (Å²) in [6, 6.07) is 0.483. The number of aromatic nitrogens is 2. The molecule has 0 aliphatic rings. The van der Waals surface area contributed by atoms with Gasteiger partial charge in [0, 0.05) is 25.9 Å². The summed E-state index contributed by atoms with van der Waals surface area (Å²) in [5.41, 5.74) is 4.96. The smallest absolute Gasteiger partial charge is 0.326 e. The van der Waals surface area contributed by atoms with Gasteiger partial charge in [0.05, 0.1) is 6.54 Å². The second kappa shape index (κ2) is 7.78. The molecule has 9 heteroatoms. The SMILES string of the molecule is CN(CC(=O)N[C@H](CCC(N)=O)C(=O)O)c1ncccn1. The number of nitrogens with two attached hydrogens (primary N) is 1. The van der Waals surface area contributed by atoms with E-state index in [0.29, 0.717) is 5.95 Å². The largest absolute Gasteiger partial charge is 0.480 e. The summed E-state index contributed by atoms with van der Waals surface area (Å²) >= 11 is 0. The van der Waals surface area contributed by atoms with Crippen LogP contribution in [0, 0.1) is 0 Å². The quantitative estimate of drug-likeness (QED) is 0.544. The van der Waals surface area contributed by atoms with E-state index in [1.54, 1.807) is 13.1 Å². The van der Waals surface area contributed by atoms with Gasteiger partial charge in [-0.3, -0.25) is 9.59 Å². The molecule has 1 atom stereocenters. The van der Waals surface area contributed by atoms with Crippen molar-refractivity contribution in [1.82, 2.24) is 15.3 Å². The Labute approximate surface area is 121 Å². The monoisotopic (exact) mass is 295 g/mol. The molecular weight excluding hydrogens is 278 g/mol. The van der Waals surface area contributed by atoms with Gasteiger partial charge < -0.3 is 21.1 Å². The summed E-state index contributed by atoms with van der Waals surface area (Å²) in [5, 5.41) is 11.3. The van der Waals surface area contributed by atoms with Crippen molar-refractivity contribution in [1.29, 1.82) is 0 Å². The third-order valence-corrected chi connectivity index (χ3v) is 2.59. The minimum absolute atomic E-state index is 0.0536.